The molecular formula is C17H16N2O4S. The molecule has 0 aliphatic carbocycles. The van der Waals surface area contributed by atoms with Crippen LogP contribution >= 0.6 is 0 Å². The third kappa shape index (κ3) is 5.11. The number of nitriles is 1. The first-order chi connectivity index (χ1) is 11.4. The van der Waals surface area contributed by atoms with Gasteiger partial charge in [0.05, 0.1) is 17.4 Å². The van der Waals surface area contributed by atoms with Gasteiger partial charge in [0.25, 0.3) is 5.91 Å². The molecule has 0 heterocycles. The molecule has 7 heteroatoms. The molecule has 124 valence electrons. The van der Waals surface area contributed by atoms with E-state index in [2.05, 4.69) is 5.32 Å². The van der Waals surface area contributed by atoms with E-state index in [4.69, 9.17) is 10.00 Å². The first-order valence-corrected chi connectivity index (χ1v) is 8.96. The molecule has 0 atom stereocenters. The number of nitrogens with one attached hydrogen (secondary N) is 1. The highest BCUT2D eigenvalue weighted by Gasteiger charge is 2.09. The summed E-state index contributed by atoms with van der Waals surface area (Å²) in [5.41, 5.74) is 1.46. The molecular weight excluding hydrogens is 328 g/mol. The molecule has 0 fully saturated rings. The van der Waals surface area contributed by atoms with E-state index in [0.717, 1.165) is 11.8 Å². The Balaban J connectivity index is 1.93. The second-order valence-corrected chi connectivity index (χ2v) is 7.13. The number of hydrogen-bond donors (Lipinski definition) is 1. The molecule has 2 aromatic carbocycles. The van der Waals surface area contributed by atoms with Gasteiger partial charge < -0.3 is 10.1 Å². The predicted molar refractivity (Wildman–Crippen MR) is 89.4 cm³/mol. The van der Waals surface area contributed by atoms with Crippen molar-refractivity contribution >= 4 is 21.4 Å². The lowest BCUT2D eigenvalue weighted by Gasteiger charge is -2.08. The molecule has 0 radical (unpaired) electrons. The van der Waals surface area contributed by atoms with E-state index in [1.165, 1.54) is 12.1 Å². The van der Waals surface area contributed by atoms with Gasteiger partial charge >= 0.3 is 0 Å². The topological polar surface area (TPSA) is 96.3 Å². The van der Waals surface area contributed by atoms with Crippen LogP contribution in [0.3, 0.4) is 0 Å². The van der Waals surface area contributed by atoms with Crippen LogP contribution in [0.15, 0.2) is 53.4 Å². The van der Waals surface area contributed by atoms with Crippen LogP contribution in [-0.2, 0) is 21.1 Å². The lowest BCUT2D eigenvalue weighted by Crippen LogP contribution is -2.20. The molecule has 0 aliphatic rings. The van der Waals surface area contributed by atoms with Gasteiger partial charge in [-0.15, -0.1) is 0 Å². The van der Waals surface area contributed by atoms with Crippen molar-refractivity contribution < 1.29 is 17.9 Å². The van der Waals surface area contributed by atoms with Crippen molar-refractivity contribution in [2.75, 3.05) is 18.2 Å². The number of anilines is 1. The molecule has 0 saturated heterocycles. The lowest BCUT2D eigenvalue weighted by molar-refractivity contribution is -0.118. The Labute approximate surface area is 140 Å². The maximum absolute atomic E-state index is 11.9. The van der Waals surface area contributed by atoms with E-state index in [1.54, 1.807) is 36.4 Å². The van der Waals surface area contributed by atoms with Gasteiger partial charge in [0, 0.05) is 11.9 Å². The van der Waals surface area contributed by atoms with Gasteiger partial charge in [-0.3, -0.25) is 4.79 Å². The molecule has 0 spiro atoms. The monoisotopic (exact) mass is 344 g/mol. The largest absolute Gasteiger partial charge is 0.484 e. The quantitative estimate of drug-likeness (QED) is 0.866. The fourth-order valence-electron chi connectivity index (χ4n) is 1.94. The fourth-order valence-corrected chi connectivity index (χ4v) is 2.59. The van der Waals surface area contributed by atoms with Gasteiger partial charge in [0.1, 0.15) is 5.75 Å². The number of ether oxygens (including phenoxy) is 1. The molecule has 2 aromatic rings. The van der Waals surface area contributed by atoms with Crippen LogP contribution in [0.1, 0.15) is 5.56 Å². The summed E-state index contributed by atoms with van der Waals surface area (Å²) in [5, 5.41) is 11.3. The van der Waals surface area contributed by atoms with Gasteiger partial charge in [-0.1, -0.05) is 18.2 Å². The van der Waals surface area contributed by atoms with Gasteiger partial charge in [0.15, 0.2) is 16.4 Å². The Morgan fingerprint density at radius 2 is 1.92 bits per heavy atom. The van der Waals surface area contributed by atoms with Crippen molar-refractivity contribution in [3.8, 4) is 11.8 Å². The second kappa shape index (κ2) is 7.62. The number of sulfone groups is 1. The molecule has 0 saturated carbocycles. The maximum atomic E-state index is 11.9. The van der Waals surface area contributed by atoms with Crippen LogP contribution in [0.2, 0.25) is 0 Å². The molecule has 2 rings (SSSR count). The number of carbonyl (C=O) groups excluding carboxylic acids is 1. The summed E-state index contributed by atoms with van der Waals surface area (Å²) in [4.78, 5) is 12.0. The summed E-state index contributed by atoms with van der Waals surface area (Å²) in [6, 6.07) is 14.9. The Kier molecular flexibility index (Phi) is 5.55. The minimum atomic E-state index is -3.32. The number of nitrogens with zero attached hydrogens (tertiary/aromatic N) is 1. The standard InChI is InChI=1S/C17H16N2O4S/c1-24(21,22)16-4-2-3-15(11-16)23-12-17(20)19-14-7-5-13(6-8-14)9-10-18/h2-8,11H,9,12H2,1H3,(H,19,20). The zero-order valence-electron chi connectivity index (χ0n) is 13.0. The number of carbonyl (C=O) groups is 1. The summed E-state index contributed by atoms with van der Waals surface area (Å²) in [7, 11) is -3.32. The molecule has 1 N–H and O–H groups in total. The van der Waals surface area contributed by atoms with Crippen molar-refractivity contribution in [3.05, 3.63) is 54.1 Å². The van der Waals surface area contributed by atoms with Crippen molar-refractivity contribution in [1.29, 1.82) is 5.26 Å². The summed E-state index contributed by atoms with van der Waals surface area (Å²) < 4.78 is 28.3. The molecule has 0 aromatic heterocycles. The average Bonchev–Trinajstić information content (AvgIpc) is 2.55. The molecule has 0 unspecified atom stereocenters. The number of hydrogen-bond acceptors (Lipinski definition) is 5. The van der Waals surface area contributed by atoms with Gasteiger partial charge in [-0.25, -0.2) is 8.42 Å². The zero-order valence-corrected chi connectivity index (χ0v) is 13.8. The SMILES string of the molecule is CS(=O)(=O)c1cccc(OCC(=O)Nc2ccc(CC#N)cc2)c1. The first kappa shape index (κ1) is 17.5. The molecule has 1 amide bonds. The third-order valence-electron chi connectivity index (χ3n) is 3.12. The van der Waals surface area contributed by atoms with Crippen LogP contribution in [0, 0.1) is 11.3 Å². The second-order valence-electron chi connectivity index (χ2n) is 5.12. The third-order valence-corrected chi connectivity index (χ3v) is 4.23. The van der Waals surface area contributed by atoms with Crippen LogP contribution in [0.4, 0.5) is 5.69 Å². The highest BCUT2D eigenvalue weighted by molar-refractivity contribution is 7.90. The number of benzene rings is 2. The van der Waals surface area contributed by atoms with Gasteiger partial charge in [0.2, 0.25) is 0 Å². The van der Waals surface area contributed by atoms with Crippen LogP contribution in [-0.4, -0.2) is 27.2 Å². The molecule has 0 aliphatic heterocycles. The summed E-state index contributed by atoms with van der Waals surface area (Å²) in [6.07, 6.45) is 1.42. The van der Waals surface area contributed by atoms with Crippen molar-refractivity contribution in [2.24, 2.45) is 0 Å². The zero-order chi connectivity index (χ0) is 17.6. The van der Waals surface area contributed by atoms with Gasteiger partial charge in [-0.2, -0.15) is 5.26 Å². The van der Waals surface area contributed by atoms with Crippen LogP contribution in [0.25, 0.3) is 0 Å². The Morgan fingerprint density at radius 1 is 1.21 bits per heavy atom. The van der Waals surface area contributed by atoms with E-state index in [-0.39, 0.29) is 17.4 Å². The Morgan fingerprint density at radius 3 is 2.54 bits per heavy atom. The summed E-state index contributed by atoms with van der Waals surface area (Å²) in [6.45, 7) is -0.243. The van der Waals surface area contributed by atoms with E-state index in [0.29, 0.717) is 17.9 Å². The van der Waals surface area contributed by atoms with Crippen molar-refractivity contribution in [2.45, 2.75) is 11.3 Å². The molecule has 6 nitrogen and oxygen atoms in total. The Bertz CT molecular complexity index is 868. The van der Waals surface area contributed by atoms with E-state index < -0.39 is 9.84 Å². The van der Waals surface area contributed by atoms with Crippen molar-refractivity contribution in [3.63, 3.8) is 0 Å². The highest BCUT2D eigenvalue weighted by atomic mass is 32.2. The first-order valence-electron chi connectivity index (χ1n) is 7.07. The van der Waals surface area contributed by atoms with Gasteiger partial charge in [-0.05, 0) is 35.9 Å². The van der Waals surface area contributed by atoms with E-state index >= 15 is 0 Å². The smallest absolute Gasteiger partial charge is 0.262 e. The Hall–Kier alpha value is -2.85. The minimum Gasteiger partial charge on any atom is -0.484 e. The minimum absolute atomic E-state index is 0.133. The fraction of sp³-hybridized carbons (Fsp3) is 0.176. The lowest BCUT2D eigenvalue weighted by atomic mass is 10.1. The maximum Gasteiger partial charge on any atom is 0.262 e. The van der Waals surface area contributed by atoms with E-state index in [1.807, 2.05) is 6.07 Å². The average molecular weight is 344 g/mol. The van der Waals surface area contributed by atoms with E-state index in [9.17, 15) is 13.2 Å². The van der Waals surface area contributed by atoms with Crippen molar-refractivity contribution in [1.82, 2.24) is 0 Å². The number of amides is 1. The predicted octanol–water partition coefficient (Wildman–Crippen LogP) is 2.17. The summed E-state index contributed by atoms with van der Waals surface area (Å²) >= 11 is 0. The molecule has 0 bridgehead atoms. The van der Waals surface area contributed by atoms with Crippen LogP contribution in [0.5, 0.6) is 5.75 Å². The highest BCUT2D eigenvalue weighted by Crippen LogP contribution is 2.17. The molecule has 24 heavy (non-hydrogen) atoms. The normalized spacial score (nSPS) is 10.7. The summed E-state index contributed by atoms with van der Waals surface area (Å²) in [5.74, 6) is -0.0646. The number of rotatable bonds is 6. The van der Waals surface area contributed by atoms with Crippen LogP contribution < -0.4 is 10.1 Å².